The summed E-state index contributed by atoms with van der Waals surface area (Å²) in [6.45, 7) is 1.98. The Morgan fingerprint density at radius 1 is 1.13 bits per heavy atom. The Bertz CT molecular complexity index is 1040. The van der Waals surface area contributed by atoms with Crippen molar-refractivity contribution in [2.24, 2.45) is 0 Å². The van der Waals surface area contributed by atoms with Crippen molar-refractivity contribution in [1.82, 2.24) is 10.0 Å². The molecule has 2 aromatic rings. The van der Waals surface area contributed by atoms with E-state index in [0.717, 1.165) is 0 Å². The van der Waals surface area contributed by atoms with Crippen LogP contribution in [0.5, 0.6) is 11.5 Å². The van der Waals surface area contributed by atoms with E-state index in [4.69, 9.17) is 9.47 Å². The summed E-state index contributed by atoms with van der Waals surface area (Å²) < 4.78 is 36.8. The number of nitrogens with zero attached hydrogens (tertiary/aromatic N) is 1. The van der Waals surface area contributed by atoms with Gasteiger partial charge in [0.1, 0.15) is 0 Å². The fraction of sp³-hybridized carbons (Fsp3) is 0.316. The molecule has 0 atom stereocenters. The summed E-state index contributed by atoms with van der Waals surface area (Å²) in [6.07, 6.45) is 0.164. The van der Waals surface area contributed by atoms with Crippen LogP contribution in [0.15, 0.2) is 41.3 Å². The van der Waals surface area contributed by atoms with Crippen molar-refractivity contribution in [3.8, 4) is 11.5 Å². The van der Waals surface area contributed by atoms with E-state index in [0.29, 0.717) is 11.3 Å². The van der Waals surface area contributed by atoms with E-state index < -0.39 is 20.9 Å². The molecule has 0 spiro atoms. The lowest BCUT2D eigenvalue weighted by molar-refractivity contribution is -0.385. The minimum atomic E-state index is -3.69. The van der Waals surface area contributed by atoms with Gasteiger partial charge in [-0.2, -0.15) is 0 Å². The monoisotopic (exact) mass is 437 g/mol. The van der Waals surface area contributed by atoms with Crippen molar-refractivity contribution in [3.63, 3.8) is 0 Å². The van der Waals surface area contributed by atoms with Gasteiger partial charge in [-0.1, -0.05) is 13.0 Å². The molecule has 2 aromatic carbocycles. The standard InChI is InChI=1S/C19H23N3O7S/c1-4-21-30(26,27)15-7-5-6-14(10-15)19(23)20-9-8-13-11-17(28-2)18(29-3)12-16(13)22(24)25/h5-7,10-12,21H,4,8-9H2,1-3H3,(H,20,23). The third kappa shape index (κ3) is 5.45. The van der Waals surface area contributed by atoms with Gasteiger partial charge in [0.2, 0.25) is 10.0 Å². The molecule has 0 aromatic heterocycles. The summed E-state index contributed by atoms with van der Waals surface area (Å²) in [5.41, 5.74) is 0.373. The molecule has 0 unspecified atom stereocenters. The van der Waals surface area contributed by atoms with Crippen LogP contribution in [0.3, 0.4) is 0 Å². The van der Waals surface area contributed by atoms with E-state index >= 15 is 0 Å². The maximum atomic E-state index is 12.4. The molecule has 30 heavy (non-hydrogen) atoms. The van der Waals surface area contributed by atoms with Crippen molar-refractivity contribution < 1.29 is 27.6 Å². The zero-order chi connectivity index (χ0) is 22.3. The summed E-state index contributed by atoms with van der Waals surface area (Å²) in [4.78, 5) is 23.2. The van der Waals surface area contributed by atoms with Gasteiger partial charge in [-0.25, -0.2) is 13.1 Å². The van der Waals surface area contributed by atoms with E-state index in [-0.39, 0.29) is 41.4 Å². The molecule has 0 bridgehead atoms. The largest absolute Gasteiger partial charge is 0.493 e. The number of ether oxygens (including phenoxy) is 2. The number of carbonyl (C=O) groups excluding carboxylic acids is 1. The first-order valence-electron chi connectivity index (χ1n) is 9.00. The maximum absolute atomic E-state index is 12.4. The molecular formula is C19H23N3O7S. The van der Waals surface area contributed by atoms with E-state index in [9.17, 15) is 23.3 Å². The molecule has 162 valence electrons. The third-order valence-corrected chi connectivity index (χ3v) is 5.75. The highest BCUT2D eigenvalue weighted by Gasteiger charge is 2.20. The second-order valence-corrected chi connectivity index (χ2v) is 7.90. The second-order valence-electron chi connectivity index (χ2n) is 6.13. The van der Waals surface area contributed by atoms with Crippen LogP contribution in [0.2, 0.25) is 0 Å². The number of methoxy groups -OCH3 is 2. The van der Waals surface area contributed by atoms with E-state index in [1.165, 1.54) is 50.6 Å². The average Bonchev–Trinajstić information content (AvgIpc) is 2.73. The molecule has 0 saturated heterocycles. The van der Waals surface area contributed by atoms with Gasteiger partial charge in [-0.3, -0.25) is 14.9 Å². The minimum absolute atomic E-state index is 0.0208. The molecule has 10 nitrogen and oxygen atoms in total. The molecule has 2 N–H and O–H groups in total. The zero-order valence-corrected chi connectivity index (χ0v) is 17.6. The number of nitro benzene ring substituents is 1. The van der Waals surface area contributed by atoms with E-state index in [2.05, 4.69) is 10.0 Å². The van der Waals surface area contributed by atoms with Crippen molar-refractivity contribution >= 4 is 21.6 Å². The summed E-state index contributed by atoms with van der Waals surface area (Å²) in [7, 11) is -0.889. The highest BCUT2D eigenvalue weighted by molar-refractivity contribution is 7.89. The van der Waals surface area contributed by atoms with Crippen LogP contribution in [0.4, 0.5) is 5.69 Å². The SMILES string of the molecule is CCNS(=O)(=O)c1cccc(C(=O)NCCc2cc(OC)c(OC)cc2[N+](=O)[O-])c1. The van der Waals surface area contributed by atoms with Crippen LogP contribution in [-0.2, 0) is 16.4 Å². The topological polar surface area (TPSA) is 137 Å². The van der Waals surface area contributed by atoms with Crippen molar-refractivity contribution in [3.05, 3.63) is 57.6 Å². The summed E-state index contributed by atoms with van der Waals surface area (Å²) >= 11 is 0. The number of nitro groups is 1. The van der Waals surface area contributed by atoms with Crippen molar-refractivity contribution in [2.75, 3.05) is 27.3 Å². The van der Waals surface area contributed by atoms with Gasteiger partial charge in [0.25, 0.3) is 11.6 Å². The first kappa shape index (κ1) is 23.1. The minimum Gasteiger partial charge on any atom is -0.493 e. The van der Waals surface area contributed by atoms with E-state index in [1.54, 1.807) is 6.92 Å². The Balaban J connectivity index is 2.14. The number of rotatable bonds is 10. The predicted octanol–water partition coefficient (Wildman–Crippen LogP) is 1.88. The number of nitrogens with one attached hydrogen (secondary N) is 2. The van der Waals surface area contributed by atoms with Gasteiger partial charge in [0.15, 0.2) is 11.5 Å². The van der Waals surface area contributed by atoms with Crippen LogP contribution in [0.25, 0.3) is 0 Å². The fourth-order valence-electron chi connectivity index (χ4n) is 2.77. The predicted molar refractivity (Wildman–Crippen MR) is 110 cm³/mol. The second kappa shape index (κ2) is 10.0. The van der Waals surface area contributed by atoms with Gasteiger partial charge in [0, 0.05) is 24.2 Å². The van der Waals surface area contributed by atoms with Crippen molar-refractivity contribution in [2.45, 2.75) is 18.2 Å². The number of amides is 1. The normalized spacial score (nSPS) is 11.0. The Hall–Kier alpha value is -3.18. The average molecular weight is 437 g/mol. The number of carbonyl (C=O) groups is 1. The maximum Gasteiger partial charge on any atom is 0.276 e. The molecule has 11 heteroatoms. The van der Waals surface area contributed by atoms with Gasteiger partial charge < -0.3 is 14.8 Å². The van der Waals surface area contributed by atoms with Crippen LogP contribution < -0.4 is 19.5 Å². The molecule has 0 aliphatic rings. The van der Waals surface area contributed by atoms with Crippen LogP contribution >= 0.6 is 0 Å². The number of benzene rings is 2. The molecule has 0 heterocycles. The molecule has 2 rings (SSSR count). The smallest absolute Gasteiger partial charge is 0.276 e. The molecular weight excluding hydrogens is 414 g/mol. The zero-order valence-electron chi connectivity index (χ0n) is 16.8. The lowest BCUT2D eigenvalue weighted by Crippen LogP contribution is -2.27. The molecule has 0 fully saturated rings. The first-order valence-corrected chi connectivity index (χ1v) is 10.5. The molecule has 0 aliphatic heterocycles. The molecule has 0 radical (unpaired) electrons. The Kier molecular flexibility index (Phi) is 7.72. The highest BCUT2D eigenvalue weighted by Crippen LogP contribution is 2.34. The summed E-state index contributed by atoms with van der Waals surface area (Å²) in [5, 5.41) is 14.0. The first-order chi connectivity index (χ1) is 14.2. The summed E-state index contributed by atoms with van der Waals surface area (Å²) in [6, 6.07) is 8.38. The van der Waals surface area contributed by atoms with Gasteiger partial charge in [0.05, 0.1) is 30.1 Å². The summed E-state index contributed by atoms with van der Waals surface area (Å²) in [5.74, 6) is 0.0770. The van der Waals surface area contributed by atoms with Gasteiger partial charge in [-0.15, -0.1) is 0 Å². The third-order valence-electron chi connectivity index (χ3n) is 4.20. The lowest BCUT2D eigenvalue weighted by atomic mass is 10.1. The van der Waals surface area contributed by atoms with Crippen LogP contribution in [-0.4, -0.2) is 46.6 Å². The highest BCUT2D eigenvalue weighted by atomic mass is 32.2. The lowest BCUT2D eigenvalue weighted by Gasteiger charge is -2.11. The van der Waals surface area contributed by atoms with Crippen LogP contribution in [0, 0.1) is 10.1 Å². The quantitative estimate of drug-likeness (QED) is 0.428. The van der Waals surface area contributed by atoms with Gasteiger partial charge in [-0.05, 0) is 30.7 Å². The van der Waals surface area contributed by atoms with E-state index in [1.807, 2.05) is 0 Å². The van der Waals surface area contributed by atoms with Crippen LogP contribution in [0.1, 0.15) is 22.8 Å². The number of hydrogen-bond donors (Lipinski definition) is 2. The molecule has 0 aliphatic carbocycles. The Labute approximate surface area is 174 Å². The Morgan fingerprint density at radius 2 is 1.80 bits per heavy atom. The number of sulfonamides is 1. The van der Waals surface area contributed by atoms with Crippen molar-refractivity contribution in [1.29, 1.82) is 0 Å². The molecule has 1 amide bonds. The fourth-order valence-corrected chi connectivity index (χ4v) is 3.86. The Morgan fingerprint density at radius 3 is 2.40 bits per heavy atom. The van der Waals surface area contributed by atoms with Gasteiger partial charge >= 0.3 is 0 Å². The molecule has 0 saturated carbocycles. The number of hydrogen-bond acceptors (Lipinski definition) is 7.